The smallest absolute Gasteiger partial charge is 0.326 e. The van der Waals surface area contributed by atoms with Crippen molar-refractivity contribution >= 4 is 42.3 Å². The largest absolute Gasteiger partial charge is 0.480 e. The van der Waals surface area contributed by atoms with Gasteiger partial charge in [0, 0.05) is 12.3 Å². The molecule has 0 fully saturated rings. The number of nitrogens with zero attached hydrogens (tertiary/aromatic N) is 1. The molecular weight excluding hydrogens is 402 g/mol. The van der Waals surface area contributed by atoms with Crippen LogP contribution in [-0.4, -0.2) is 71.7 Å². The van der Waals surface area contributed by atoms with Crippen molar-refractivity contribution in [2.45, 2.75) is 44.8 Å². The number of hydrogen-bond acceptors (Lipinski definition) is 7. The van der Waals surface area contributed by atoms with Gasteiger partial charge < -0.3 is 38.3 Å². The number of aliphatic carboxylic acids is 1. The van der Waals surface area contributed by atoms with E-state index in [2.05, 4.69) is 33.6 Å². The third kappa shape index (κ3) is 11.1. The van der Waals surface area contributed by atoms with Crippen LogP contribution in [0.3, 0.4) is 0 Å². The third-order valence-electron chi connectivity index (χ3n) is 3.79. The van der Waals surface area contributed by atoms with Gasteiger partial charge in [-0.25, -0.2) is 4.79 Å². The molecule has 0 bridgehead atoms. The fraction of sp³-hybridized carbons (Fsp3) is 0.688. The van der Waals surface area contributed by atoms with Gasteiger partial charge in [0.05, 0.1) is 12.6 Å². The Bertz CT molecular complexity index is 610. The van der Waals surface area contributed by atoms with E-state index in [4.69, 9.17) is 22.3 Å². The predicted molar refractivity (Wildman–Crippen MR) is 111 cm³/mol. The highest BCUT2D eigenvalue weighted by Gasteiger charge is 2.25. The molecule has 0 aliphatic heterocycles. The number of aliphatic imine (C=N–C) groups is 1. The molecule has 0 saturated carbocycles. The zero-order valence-corrected chi connectivity index (χ0v) is 17.4. The van der Waals surface area contributed by atoms with Crippen LogP contribution in [0.4, 0.5) is 0 Å². The van der Waals surface area contributed by atoms with E-state index in [1.165, 1.54) is 0 Å². The summed E-state index contributed by atoms with van der Waals surface area (Å²) in [4.78, 5) is 51.0. The number of carbonyl (C=O) groups is 4. The molecule has 0 unspecified atom stereocenters. The molecule has 0 aromatic carbocycles. The normalized spacial score (nSPS) is 13.7. The number of carbonyl (C=O) groups excluding carboxylic acids is 3. The van der Waals surface area contributed by atoms with Crippen LogP contribution in [0.5, 0.6) is 0 Å². The minimum atomic E-state index is -1.17. The molecule has 3 amide bonds. The van der Waals surface area contributed by atoms with E-state index in [0.29, 0.717) is 19.4 Å². The predicted octanol–water partition coefficient (Wildman–Crippen LogP) is -2.88. The highest BCUT2D eigenvalue weighted by atomic mass is 32.1. The molecule has 0 aliphatic carbocycles. The first-order valence-corrected chi connectivity index (χ1v) is 9.64. The van der Waals surface area contributed by atoms with E-state index in [1.54, 1.807) is 13.8 Å². The number of carboxylic acid groups (broad SMARTS) is 1. The van der Waals surface area contributed by atoms with Crippen LogP contribution in [0.25, 0.3) is 0 Å². The van der Waals surface area contributed by atoms with Crippen LogP contribution in [0.1, 0.15) is 26.7 Å². The maximum absolute atomic E-state index is 12.2. The number of hydrogen-bond donors (Lipinski definition) is 8. The summed E-state index contributed by atoms with van der Waals surface area (Å²) in [6.07, 6.45) is 0.780. The van der Waals surface area contributed by atoms with Crippen LogP contribution in [0, 0.1) is 5.92 Å². The first-order valence-electron chi connectivity index (χ1n) is 9.01. The molecule has 29 heavy (non-hydrogen) atoms. The third-order valence-corrected chi connectivity index (χ3v) is 4.16. The van der Waals surface area contributed by atoms with E-state index in [9.17, 15) is 19.2 Å². The summed E-state index contributed by atoms with van der Waals surface area (Å²) in [5, 5.41) is 16.2. The zero-order valence-electron chi connectivity index (χ0n) is 16.6. The molecule has 0 aromatic rings. The Kier molecular flexibility index (Phi) is 12.4. The monoisotopic (exact) mass is 433 g/mol. The lowest BCUT2D eigenvalue weighted by atomic mass is 10.1. The Labute approximate surface area is 174 Å². The van der Waals surface area contributed by atoms with Gasteiger partial charge in [-0.05, 0) is 18.8 Å². The van der Waals surface area contributed by atoms with Crippen molar-refractivity contribution in [3.63, 3.8) is 0 Å². The summed E-state index contributed by atoms with van der Waals surface area (Å²) < 4.78 is 0. The van der Waals surface area contributed by atoms with Crippen LogP contribution in [0.2, 0.25) is 0 Å². The summed E-state index contributed by atoms with van der Waals surface area (Å²) in [5.74, 6) is -3.45. The number of amides is 3. The van der Waals surface area contributed by atoms with Crippen molar-refractivity contribution in [1.82, 2.24) is 16.0 Å². The molecule has 10 N–H and O–H groups in total. The number of carboxylic acids is 1. The van der Waals surface area contributed by atoms with Gasteiger partial charge in [0.2, 0.25) is 17.7 Å². The number of rotatable bonds is 13. The second-order valence-corrected chi connectivity index (χ2v) is 7.01. The molecule has 3 atom stereocenters. The minimum absolute atomic E-state index is 0.0241. The average Bonchev–Trinajstić information content (AvgIpc) is 2.64. The van der Waals surface area contributed by atoms with Crippen molar-refractivity contribution in [3.8, 4) is 0 Å². The van der Waals surface area contributed by atoms with E-state index in [-0.39, 0.29) is 17.6 Å². The van der Waals surface area contributed by atoms with Crippen molar-refractivity contribution in [3.05, 3.63) is 0 Å². The molecule has 0 aliphatic rings. The lowest BCUT2D eigenvalue weighted by Gasteiger charge is -2.20. The van der Waals surface area contributed by atoms with Gasteiger partial charge in [0.25, 0.3) is 0 Å². The van der Waals surface area contributed by atoms with Gasteiger partial charge in [0.1, 0.15) is 12.1 Å². The van der Waals surface area contributed by atoms with Crippen molar-refractivity contribution in [1.29, 1.82) is 0 Å². The fourth-order valence-electron chi connectivity index (χ4n) is 2.15. The number of guanidine groups is 1. The first kappa shape index (κ1) is 26.5. The summed E-state index contributed by atoms with van der Waals surface area (Å²) >= 11 is 4.02. The molecule has 0 heterocycles. The quantitative estimate of drug-likeness (QED) is 0.0651. The SMILES string of the molecule is CC(C)[C@H](NC(=O)CNC(=O)[C@H](CS)NC(=O)[C@@H](N)CCCN=C(N)N)C(=O)O. The molecular formula is C16H31N7O5S. The first-order chi connectivity index (χ1) is 13.5. The highest BCUT2D eigenvalue weighted by Crippen LogP contribution is 2.01. The maximum atomic E-state index is 12.2. The number of nitrogens with two attached hydrogens (primary N) is 3. The average molecular weight is 434 g/mol. The van der Waals surface area contributed by atoms with Gasteiger partial charge in [-0.3, -0.25) is 19.4 Å². The molecule has 0 aromatic heterocycles. The Morgan fingerprint density at radius 1 is 1.10 bits per heavy atom. The highest BCUT2D eigenvalue weighted by molar-refractivity contribution is 7.80. The topological polar surface area (TPSA) is 215 Å². The van der Waals surface area contributed by atoms with Crippen molar-refractivity contribution in [2.24, 2.45) is 28.1 Å². The fourth-order valence-corrected chi connectivity index (χ4v) is 2.41. The van der Waals surface area contributed by atoms with Gasteiger partial charge in [-0.2, -0.15) is 12.6 Å². The molecule has 0 radical (unpaired) electrons. The number of thiol groups is 1. The molecule has 0 spiro atoms. The van der Waals surface area contributed by atoms with E-state index in [0.717, 1.165) is 0 Å². The van der Waals surface area contributed by atoms with E-state index < -0.39 is 48.4 Å². The number of nitrogens with one attached hydrogen (secondary N) is 3. The van der Waals surface area contributed by atoms with Crippen LogP contribution in [-0.2, 0) is 19.2 Å². The molecule has 166 valence electrons. The van der Waals surface area contributed by atoms with Gasteiger partial charge >= 0.3 is 5.97 Å². The summed E-state index contributed by atoms with van der Waals surface area (Å²) in [5.41, 5.74) is 16.2. The van der Waals surface area contributed by atoms with Gasteiger partial charge in [0.15, 0.2) is 5.96 Å². The summed E-state index contributed by atoms with van der Waals surface area (Å²) in [7, 11) is 0. The Balaban J connectivity index is 4.50. The zero-order chi connectivity index (χ0) is 22.6. The lowest BCUT2D eigenvalue weighted by Crippen LogP contribution is -2.54. The standard InChI is InChI=1S/C16H31N7O5S/c1-8(2)12(15(27)28)23-11(24)6-21-14(26)10(7-29)22-13(25)9(17)4-3-5-20-16(18)19/h8-10,12,29H,3-7,17H2,1-2H3,(H,21,26)(H,22,25)(H,23,24)(H,27,28)(H4,18,19,20)/t9-,10-,12-/m0/s1. The maximum Gasteiger partial charge on any atom is 0.326 e. The molecule has 0 rings (SSSR count). The summed E-state index contributed by atoms with van der Waals surface area (Å²) in [6.45, 7) is 3.16. The van der Waals surface area contributed by atoms with Crippen LogP contribution < -0.4 is 33.2 Å². The second kappa shape index (κ2) is 13.6. The summed E-state index contributed by atoms with van der Waals surface area (Å²) in [6, 6.07) is -2.95. The Morgan fingerprint density at radius 2 is 1.72 bits per heavy atom. The second-order valence-electron chi connectivity index (χ2n) is 6.64. The van der Waals surface area contributed by atoms with Crippen LogP contribution in [0.15, 0.2) is 4.99 Å². The van der Waals surface area contributed by atoms with Crippen LogP contribution >= 0.6 is 12.6 Å². The lowest BCUT2D eigenvalue weighted by molar-refractivity contribution is -0.143. The van der Waals surface area contributed by atoms with E-state index >= 15 is 0 Å². The van der Waals surface area contributed by atoms with Crippen molar-refractivity contribution in [2.75, 3.05) is 18.8 Å². The minimum Gasteiger partial charge on any atom is -0.480 e. The Hall–Kier alpha value is -2.54. The Morgan fingerprint density at radius 3 is 2.21 bits per heavy atom. The molecule has 12 nitrogen and oxygen atoms in total. The van der Waals surface area contributed by atoms with E-state index in [1.807, 2.05) is 0 Å². The van der Waals surface area contributed by atoms with Gasteiger partial charge in [-0.1, -0.05) is 13.8 Å². The van der Waals surface area contributed by atoms with Crippen molar-refractivity contribution < 1.29 is 24.3 Å². The molecule has 0 saturated heterocycles. The molecule has 13 heteroatoms. The van der Waals surface area contributed by atoms with Gasteiger partial charge in [-0.15, -0.1) is 0 Å².